The van der Waals surface area contributed by atoms with Crippen molar-refractivity contribution in [1.82, 2.24) is 9.55 Å². The average molecular weight is 457 g/mol. The van der Waals surface area contributed by atoms with Gasteiger partial charge in [-0.1, -0.05) is 0 Å². The SMILES string of the molecule is NC(=O)c1cc(=O)[nH]c(=O)n1[C@@H]1O[C@H](COC2CCCCO2)[C@@H](OC2CCCCO2)[C@H]1F. The first-order valence-electron chi connectivity index (χ1n) is 10.9. The van der Waals surface area contributed by atoms with Crippen LogP contribution in [0.4, 0.5) is 4.39 Å². The van der Waals surface area contributed by atoms with Gasteiger partial charge in [0.1, 0.15) is 17.9 Å². The van der Waals surface area contributed by atoms with Crippen LogP contribution in [0.3, 0.4) is 0 Å². The highest BCUT2D eigenvalue weighted by Gasteiger charge is 2.49. The number of halogens is 1. The number of nitrogens with two attached hydrogens (primary N) is 1. The molecule has 4 rings (SSSR count). The van der Waals surface area contributed by atoms with Crippen LogP contribution in [-0.2, 0) is 23.7 Å². The normalized spacial score (nSPS) is 33.3. The molecule has 12 heteroatoms. The third-order valence-electron chi connectivity index (χ3n) is 5.78. The molecule has 1 aromatic rings. The molecular weight excluding hydrogens is 429 g/mol. The van der Waals surface area contributed by atoms with E-state index in [1.54, 1.807) is 0 Å². The molecule has 3 N–H and O–H groups in total. The second-order valence-corrected chi connectivity index (χ2v) is 8.09. The minimum Gasteiger partial charge on any atom is -0.364 e. The number of aromatic amines is 1. The quantitative estimate of drug-likeness (QED) is 0.596. The lowest BCUT2D eigenvalue weighted by Crippen LogP contribution is -2.42. The lowest BCUT2D eigenvalue weighted by atomic mass is 10.1. The molecule has 3 aliphatic heterocycles. The van der Waals surface area contributed by atoms with Gasteiger partial charge in [-0.25, -0.2) is 9.18 Å². The minimum atomic E-state index is -1.86. The largest absolute Gasteiger partial charge is 0.364 e. The summed E-state index contributed by atoms with van der Waals surface area (Å²) in [6.07, 6.45) is -1.53. The molecule has 4 heterocycles. The highest BCUT2D eigenvalue weighted by atomic mass is 19.1. The third-order valence-corrected chi connectivity index (χ3v) is 5.78. The Bertz CT molecular complexity index is 909. The maximum Gasteiger partial charge on any atom is 0.331 e. The van der Waals surface area contributed by atoms with Gasteiger partial charge in [0.05, 0.1) is 6.61 Å². The molecule has 32 heavy (non-hydrogen) atoms. The van der Waals surface area contributed by atoms with E-state index >= 15 is 4.39 Å². The van der Waals surface area contributed by atoms with Crippen LogP contribution >= 0.6 is 0 Å². The van der Waals surface area contributed by atoms with E-state index in [1.165, 1.54) is 0 Å². The monoisotopic (exact) mass is 457 g/mol. The molecule has 11 nitrogen and oxygen atoms in total. The van der Waals surface area contributed by atoms with Crippen molar-refractivity contribution in [2.45, 2.75) is 75.7 Å². The maximum atomic E-state index is 15.6. The molecule has 0 spiro atoms. The first kappa shape index (κ1) is 23.1. The van der Waals surface area contributed by atoms with E-state index in [-0.39, 0.29) is 6.61 Å². The first-order chi connectivity index (χ1) is 15.4. The highest BCUT2D eigenvalue weighted by molar-refractivity contribution is 5.90. The number of H-pyrrole nitrogens is 1. The van der Waals surface area contributed by atoms with Crippen LogP contribution in [0.15, 0.2) is 15.7 Å². The number of alkyl halides is 1. The summed E-state index contributed by atoms with van der Waals surface area (Å²) in [7, 11) is 0. The maximum absolute atomic E-state index is 15.6. The predicted octanol–water partition coefficient (Wildman–Crippen LogP) is 0.326. The van der Waals surface area contributed by atoms with E-state index in [1.807, 2.05) is 4.98 Å². The lowest BCUT2D eigenvalue weighted by molar-refractivity contribution is -0.220. The Balaban J connectivity index is 1.58. The number of carbonyl (C=O) groups is 1. The van der Waals surface area contributed by atoms with Crippen molar-refractivity contribution in [1.29, 1.82) is 0 Å². The zero-order valence-electron chi connectivity index (χ0n) is 17.6. The van der Waals surface area contributed by atoms with Gasteiger partial charge in [-0.15, -0.1) is 0 Å². The van der Waals surface area contributed by atoms with Crippen LogP contribution in [0.5, 0.6) is 0 Å². The summed E-state index contributed by atoms with van der Waals surface area (Å²) in [4.78, 5) is 37.9. The van der Waals surface area contributed by atoms with Crippen molar-refractivity contribution < 1.29 is 32.9 Å². The average Bonchev–Trinajstić information content (AvgIpc) is 3.08. The van der Waals surface area contributed by atoms with Crippen LogP contribution in [-0.4, -0.2) is 66.2 Å². The van der Waals surface area contributed by atoms with Crippen molar-refractivity contribution in [2.24, 2.45) is 5.73 Å². The number of amides is 1. The zero-order valence-corrected chi connectivity index (χ0v) is 17.6. The van der Waals surface area contributed by atoms with Gasteiger partial charge in [-0.2, -0.15) is 0 Å². The fraction of sp³-hybridized carbons (Fsp3) is 0.750. The Morgan fingerprint density at radius 1 is 1.16 bits per heavy atom. The second kappa shape index (κ2) is 10.2. The van der Waals surface area contributed by atoms with Crippen molar-refractivity contribution in [3.63, 3.8) is 0 Å². The predicted molar refractivity (Wildman–Crippen MR) is 107 cm³/mol. The lowest BCUT2D eigenvalue weighted by Gasteiger charge is -2.29. The third kappa shape index (κ3) is 5.09. The van der Waals surface area contributed by atoms with E-state index in [4.69, 9.17) is 29.4 Å². The Labute approximate surface area is 182 Å². The fourth-order valence-corrected chi connectivity index (χ4v) is 4.18. The molecule has 6 atom stereocenters. The summed E-state index contributed by atoms with van der Waals surface area (Å²) in [5.74, 6) is -1.06. The van der Waals surface area contributed by atoms with Gasteiger partial charge < -0.3 is 29.4 Å². The van der Waals surface area contributed by atoms with Crippen LogP contribution in [0.2, 0.25) is 0 Å². The summed E-state index contributed by atoms with van der Waals surface area (Å²) in [6.45, 7) is 1.03. The smallest absolute Gasteiger partial charge is 0.331 e. The van der Waals surface area contributed by atoms with Crippen molar-refractivity contribution in [3.05, 3.63) is 32.6 Å². The van der Waals surface area contributed by atoms with Crippen molar-refractivity contribution in [2.75, 3.05) is 19.8 Å². The number of primary amides is 1. The molecule has 3 saturated heterocycles. The van der Waals surface area contributed by atoms with Gasteiger partial charge in [0.2, 0.25) is 0 Å². The Morgan fingerprint density at radius 2 is 1.84 bits per heavy atom. The summed E-state index contributed by atoms with van der Waals surface area (Å²) >= 11 is 0. The summed E-state index contributed by atoms with van der Waals surface area (Å²) in [6, 6.07) is 0.833. The van der Waals surface area contributed by atoms with E-state index in [0.29, 0.717) is 30.6 Å². The number of carbonyl (C=O) groups excluding carboxylic acids is 1. The van der Waals surface area contributed by atoms with E-state index in [2.05, 4.69) is 0 Å². The number of hydrogen-bond donors (Lipinski definition) is 2. The minimum absolute atomic E-state index is 0.0526. The van der Waals surface area contributed by atoms with Crippen LogP contribution in [0.25, 0.3) is 0 Å². The van der Waals surface area contributed by atoms with Gasteiger partial charge in [-0.05, 0) is 38.5 Å². The van der Waals surface area contributed by atoms with Crippen molar-refractivity contribution >= 4 is 5.91 Å². The van der Waals surface area contributed by atoms with E-state index < -0.39 is 60.0 Å². The van der Waals surface area contributed by atoms with Crippen LogP contribution in [0.1, 0.15) is 55.2 Å². The summed E-state index contributed by atoms with van der Waals surface area (Å²) in [5.41, 5.74) is 3.02. The van der Waals surface area contributed by atoms with Crippen LogP contribution < -0.4 is 17.0 Å². The fourth-order valence-electron chi connectivity index (χ4n) is 4.18. The number of ether oxygens (including phenoxy) is 5. The molecular formula is C20H28FN3O8. The van der Waals surface area contributed by atoms with Gasteiger partial charge in [0.15, 0.2) is 25.0 Å². The Kier molecular flexibility index (Phi) is 7.36. The molecule has 0 bridgehead atoms. The molecule has 0 saturated carbocycles. The Morgan fingerprint density at radius 3 is 2.47 bits per heavy atom. The second-order valence-electron chi connectivity index (χ2n) is 8.09. The number of nitrogens with one attached hydrogen (secondary N) is 1. The number of rotatable bonds is 7. The summed E-state index contributed by atoms with van der Waals surface area (Å²) in [5, 5.41) is 0. The van der Waals surface area contributed by atoms with Gasteiger partial charge >= 0.3 is 5.69 Å². The molecule has 0 radical (unpaired) electrons. The molecule has 1 amide bonds. The van der Waals surface area contributed by atoms with Crippen molar-refractivity contribution in [3.8, 4) is 0 Å². The van der Waals surface area contributed by atoms with Gasteiger partial charge in [0.25, 0.3) is 11.5 Å². The zero-order chi connectivity index (χ0) is 22.7. The van der Waals surface area contributed by atoms with Crippen LogP contribution in [0, 0.1) is 0 Å². The number of nitrogens with zero attached hydrogens (tertiary/aromatic N) is 1. The first-order valence-corrected chi connectivity index (χ1v) is 10.9. The molecule has 2 unspecified atom stereocenters. The molecule has 178 valence electrons. The molecule has 3 aliphatic rings. The van der Waals surface area contributed by atoms with E-state index in [9.17, 15) is 14.4 Å². The summed E-state index contributed by atoms with van der Waals surface area (Å²) < 4.78 is 44.9. The standard InChI is InChI=1S/C20H28FN3O8/c21-16-17(32-15-6-2-4-8-29-15)12(10-30-14-5-1-3-7-28-14)31-19(16)24-11(18(22)26)9-13(25)23-20(24)27/h9,12,14-17,19H,1-8,10H2,(H2,22,26)(H,23,25,27)/t12-,14?,15?,16-,17-,19-/m1/s1. The van der Waals surface area contributed by atoms with E-state index in [0.717, 1.165) is 31.7 Å². The van der Waals surface area contributed by atoms with Gasteiger partial charge in [0, 0.05) is 19.3 Å². The molecule has 0 aromatic carbocycles. The number of hydrogen-bond acceptors (Lipinski definition) is 8. The van der Waals surface area contributed by atoms with Gasteiger partial charge in [-0.3, -0.25) is 19.1 Å². The Hall–Kier alpha value is -2.12. The molecule has 3 fully saturated rings. The molecule has 1 aromatic heterocycles. The molecule has 0 aliphatic carbocycles. The number of aromatic nitrogens is 2. The topological polar surface area (TPSA) is 144 Å². The highest BCUT2D eigenvalue weighted by Crippen LogP contribution is 2.36.